The largest absolute Gasteiger partial charge is 0.489 e. The van der Waals surface area contributed by atoms with Crippen molar-refractivity contribution in [2.24, 2.45) is 0 Å². The van der Waals surface area contributed by atoms with E-state index in [-0.39, 0.29) is 0 Å². The molecule has 0 bridgehead atoms. The first-order chi connectivity index (χ1) is 10.8. The molecule has 1 N–H and O–H groups in total. The number of rotatable bonds is 5. The Hall–Kier alpha value is -2.74. The van der Waals surface area contributed by atoms with Gasteiger partial charge in [0.05, 0.1) is 0 Å². The molecule has 0 amide bonds. The highest BCUT2D eigenvalue weighted by atomic mass is 16.5. The van der Waals surface area contributed by atoms with E-state index < -0.39 is 0 Å². The molecule has 0 atom stereocenters. The van der Waals surface area contributed by atoms with Crippen LogP contribution in [-0.4, -0.2) is 0 Å². The number of hydrogen-bond donors (Lipinski definition) is 1. The quantitative estimate of drug-likeness (QED) is 0.697. The number of ether oxygens (including phenoxy) is 1. The van der Waals surface area contributed by atoms with Crippen molar-refractivity contribution in [2.45, 2.75) is 6.61 Å². The summed E-state index contributed by atoms with van der Waals surface area (Å²) in [5.41, 5.74) is 4.22. The molecule has 0 unspecified atom stereocenters. The normalized spacial score (nSPS) is 10.2. The minimum atomic E-state index is 0.581. The first kappa shape index (κ1) is 14.2. The van der Waals surface area contributed by atoms with E-state index in [0.717, 1.165) is 28.3 Å². The fourth-order valence-electron chi connectivity index (χ4n) is 2.19. The second-order valence-electron chi connectivity index (χ2n) is 5.12. The lowest BCUT2D eigenvalue weighted by atomic mass is 10.2. The molecule has 0 aliphatic heterocycles. The molecular formula is C20H18NO. The summed E-state index contributed by atoms with van der Waals surface area (Å²) in [5.74, 6) is 0.861. The molecule has 2 heteroatoms. The standard InChI is InChI=1S/C20H18NO/c1-16-6-5-9-19(14-16)21-18-10-12-20(13-11-18)22-15-17-7-3-2-4-8-17/h2-14,21H,1,15H2. The third-order valence-electron chi connectivity index (χ3n) is 3.32. The second-order valence-corrected chi connectivity index (χ2v) is 5.12. The Bertz CT molecular complexity index is 720. The van der Waals surface area contributed by atoms with E-state index in [1.54, 1.807) is 0 Å². The summed E-state index contributed by atoms with van der Waals surface area (Å²) in [5, 5.41) is 3.35. The molecule has 0 fully saturated rings. The van der Waals surface area contributed by atoms with Gasteiger partial charge in [-0.1, -0.05) is 42.5 Å². The molecule has 3 aromatic carbocycles. The smallest absolute Gasteiger partial charge is 0.119 e. The van der Waals surface area contributed by atoms with Gasteiger partial charge in [0.25, 0.3) is 0 Å². The summed E-state index contributed by atoms with van der Waals surface area (Å²) < 4.78 is 5.78. The highest BCUT2D eigenvalue weighted by molar-refractivity contribution is 5.61. The van der Waals surface area contributed by atoms with Gasteiger partial charge in [0.2, 0.25) is 0 Å². The maximum absolute atomic E-state index is 5.78. The average molecular weight is 288 g/mol. The third-order valence-corrected chi connectivity index (χ3v) is 3.32. The van der Waals surface area contributed by atoms with Crippen LogP contribution in [0.15, 0.2) is 78.9 Å². The first-order valence-corrected chi connectivity index (χ1v) is 7.25. The van der Waals surface area contributed by atoms with Crippen LogP contribution in [0, 0.1) is 6.92 Å². The van der Waals surface area contributed by atoms with Crippen LogP contribution in [0.5, 0.6) is 5.75 Å². The lowest BCUT2D eigenvalue weighted by Gasteiger charge is -2.09. The molecular weight excluding hydrogens is 270 g/mol. The number of hydrogen-bond acceptors (Lipinski definition) is 2. The van der Waals surface area contributed by atoms with Gasteiger partial charge in [-0.15, -0.1) is 0 Å². The van der Waals surface area contributed by atoms with E-state index in [9.17, 15) is 0 Å². The van der Waals surface area contributed by atoms with Gasteiger partial charge in [-0.05, 0) is 54.4 Å². The Kier molecular flexibility index (Phi) is 4.40. The monoisotopic (exact) mass is 288 g/mol. The minimum absolute atomic E-state index is 0.581. The maximum Gasteiger partial charge on any atom is 0.119 e. The van der Waals surface area contributed by atoms with E-state index in [4.69, 9.17) is 4.74 Å². The van der Waals surface area contributed by atoms with Crippen molar-refractivity contribution in [2.75, 3.05) is 5.32 Å². The molecule has 22 heavy (non-hydrogen) atoms. The fourth-order valence-corrected chi connectivity index (χ4v) is 2.19. The van der Waals surface area contributed by atoms with Crippen molar-refractivity contribution in [3.05, 3.63) is 96.9 Å². The molecule has 1 radical (unpaired) electrons. The SMILES string of the molecule is [CH2]c1cccc(Nc2ccc(OCc3ccccc3)cc2)c1. The van der Waals surface area contributed by atoms with Crippen LogP contribution in [0.2, 0.25) is 0 Å². The van der Waals surface area contributed by atoms with Gasteiger partial charge in [-0.25, -0.2) is 0 Å². The van der Waals surface area contributed by atoms with Gasteiger partial charge in [0.15, 0.2) is 0 Å². The van der Waals surface area contributed by atoms with Gasteiger partial charge in [-0.3, -0.25) is 0 Å². The summed E-state index contributed by atoms with van der Waals surface area (Å²) in [6.45, 7) is 4.51. The van der Waals surface area contributed by atoms with Crippen molar-refractivity contribution in [1.82, 2.24) is 0 Å². The number of anilines is 2. The Morgan fingerprint density at radius 3 is 2.27 bits per heavy atom. The van der Waals surface area contributed by atoms with Gasteiger partial charge in [0.1, 0.15) is 12.4 Å². The molecule has 0 saturated carbocycles. The molecule has 0 aliphatic carbocycles. The van der Waals surface area contributed by atoms with E-state index >= 15 is 0 Å². The predicted molar refractivity (Wildman–Crippen MR) is 91.4 cm³/mol. The van der Waals surface area contributed by atoms with Gasteiger partial charge in [-0.2, -0.15) is 0 Å². The molecule has 3 rings (SSSR count). The van der Waals surface area contributed by atoms with Gasteiger partial charge >= 0.3 is 0 Å². The highest BCUT2D eigenvalue weighted by Gasteiger charge is 1.98. The van der Waals surface area contributed by atoms with Crippen LogP contribution >= 0.6 is 0 Å². The van der Waals surface area contributed by atoms with Crippen molar-refractivity contribution in [3.8, 4) is 5.75 Å². The summed E-state index contributed by atoms with van der Waals surface area (Å²) in [4.78, 5) is 0. The zero-order valence-electron chi connectivity index (χ0n) is 12.3. The zero-order chi connectivity index (χ0) is 15.2. The molecule has 3 aromatic rings. The Labute approximate surface area is 131 Å². The highest BCUT2D eigenvalue weighted by Crippen LogP contribution is 2.21. The molecule has 0 aromatic heterocycles. The van der Waals surface area contributed by atoms with Crippen LogP contribution in [0.4, 0.5) is 11.4 Å². The summed E-state index contributed by atoms with van der Waals surface area (Å²) >= 11 is 0. The van der Waals surface area contributed by atoms with Crippen LogP contribution < -0.4 is 10.1 Å². The molecule has 0 aliphatic rings. The average Bonchev–Trinajstić information content (AvgIpc) is 2.55. The maximum atomic E-state index is 5.78. The predicted octanol–water partition coefficient (Wildman–Crippen LogP) is 5.19. The Morgan fingerprint density at radius 2 is 1.55 bits per heavy atom. The van der Waals surface area contributed by atoms with Crippen molar-refractivity contribution in [1.29, 1.82) is 0 Å². The number of benzene rings is 3. The third kappa shape index (κ3) is 3.89. The van der Waals surface area contributed by atoms with Crippen LogP contribution in [-0.2, 0) is 6.61 Å². The van der Waals surface area contributed by atoms with E-state index in [1.165, 1.54) is 0 Å². The van der Waals surface area contributed by atoms with Crippen LogP contribution in [0.3, 0.4) is 0 Å². The first-order valence-electron chi connectivity index (χ1n) is 7.25. The summed E-state index contributed by atoms with van der Waals surface area (Å²) in [7, 11) is 0. The molecule has 0 spiro atoms. The van der Waals surface area contributed by atoms with Crippen molar-refractivity contribution in [3.63, 3.8) is 0 Å². The zero-order valence-corrected chi connectivity index (χ0v) is 12.3. The minimum Gasteiger partial charge on any atom is -0.489 e. The van der Waals surface area contributed by atoms with Crippen LogP contribution in [0.25, 0.3) is 0 Å². The summed E-state index contributed by atoms with van der Waals surface area (Å²) in [6, 6.07) is 26.1. The van der Waals surface area contributed by atoms with Crippen molar-refractivity contribution < 1.29 is 4.74 Å². The Balaban J connectivity index is 1.60. The topological polar surface area (TPSA) is 21.3 Å². The van der Waals surface area contributed by atoms with Crippen molar-refractivity contribution >= 4 is 11.4 Å². The lowest BCUT2D eigenvalue weighted by Crippen LogP contribution is -1.95. The van der Waals surface area contributed by atoms with E-state index in [2.05, 4.69) is 24.4 Å². The molecule has 0 heterocycles. The van der Waals surface area contributed by atoms with E-state index in [1.807, 2.05) is 66.7 Å². The molecule has 0 saturated heterocycles. The fraction of sp³-hybridized carbons (Fsp3) is 0.0500. The molecule has 109 valence electrons. The van der Waals surface area contributed by atoms with Crippen LogP contribution in [0.1, 0.15) is 11.1 Å². The van der Waals surface area contributed by atoms with Gasteiger partial charge in [0, 0.05) is 11.4 Å². The van der Waals surface area contributed by atoms with E-state index in [0.29, 0.717) is 6.61 Å². The number of nitrogens with one attached hydrogen (secondary N) is 1. The summed E-state index contributed by atoms with van der Waals surface area (Å²) in [6.07, 6.45) is 0. The van der Waals surface area contributed by atoms with Gasteiger partial charge < -0.3 is 10.1 Å². The Morgan fingerprint density at radius 1 is 0.773 bits per heavy atom. The second kappa shape index (κ2) is 6.81. The lowest BCUT2D eigenvalue weighted by molar-refractivity contribution is 0.306. The molecule has 2 nitrogen and oxygen atoms in total.